The Bertz CT molecular complexity index is 914. The molecule has 0 aliphatic rings. The molecule has 1 heterocycles. The molecule has 0 fully saturated rings. The lowest BCUT2D eigenvalue weighted by atomic mass is 9.88. The highest BCUT2D eigenvalue weighted by atomic mass is 35.5. The van der Waals surface area contributed by atoms with Crippen LogP contribution in [0.4, 0.5) is 0 Å². The Morgan fingerprint density at radius 2 is 1.82 bits per heavy atom. The van der Waals surface area contributed by atoms with E-state index in [1.165, 1.54) is 35.7 Å². The first kappa shape index (κ1) is 20.5. The maximum Gasteiger partial charge on any atom is 0.220 e. The van der Waals surface area contributed by atoms with Gasteiger partial charge in [0.25, 0.3) is 0 Å². The van der Waals surface area contributed by atoms with Gasteiger partial charge < -0.3 is 9.88 Å². The van der Waals surface area contributed by atoms with E-state index in [4.69, 9.17) is 11.6 Å². The van der Waals surface area contributed by atoms with Crippen molar-refractivity contribution in [3.8, 4) is 0 Å². The molecule has 0 bridgehead atoms. The lowest BCUT2D eigenvalue weighted by Gasteiger charge is -2.17. The van der Waals surface area contributed by atoms with Gasteiger partial charge in [-0.1, -0.05) is 68.1 Å². The Hall–Kier alpha value is -2.26. The van der Waals surface area contributed by atoms with Crippen molar-refractivity contribution in [1.29, 1.82) is 0 Å². The van der Waals surface area contributed by atoms with E-state index in [0.717, 1.165) is 18.5 Å². The summed E-state index contributed by atoms with van der Waals surface area (Å²) < 4.78 is 2.14. The molecule has 0 saturated carbocycles. The highest BCUT2D eigenvalue weighted by Crippen LogP contribution is 2.34. The van der Waals surface area contributed by atoms with E-state index >= 15 is 0 Å². The zero-order valence-corrected chi connectivity index (χ0v) is 17.5. The standard InChI is InChI=1S/C24H29ClN2O/c1-3-4-5-8-15-26-24(28)16-21(18-11-13-19(25)14-12-18)22-17-27(2)23-10-7-6-9-20(22)23/h6-7,9-14,17,21H,3-5,8,15-16H2,1-2H3,(H,26,28)/t21-/m0/s1. The van der Waals surface area contributed by atoms with Gasteiger partial charge in [0.15, 0.2) is 0 Å². The molecule has 0 saturated heterocycles. The molecule has 0 aliphatic carbocycles. The molecule has 0 radical (unpaired) electrons. The summed E-state index contributed by atoms with van der Waals surface area (Å²) in [5.41, 5.74) is 3.47. The van der Waals surface area contributed by atoms with Gasteiger partial charge in [-0.15, -0.1) is 0 Å². The van der Waals surface area contributed by atoms with E-state index in [1.54, 1.807) is 0 Å². The average Bonchev–Trinajstić information content (AvgIpc) is 3.03. The molecule has 1 atom stereocenters. The van der Waals surface area contributed by atoms with E-state index in [1.807, 2.05) is 30.3 Å². The summed E-state index contributed by atoms with van der Waals surface area (Å²) in [6.45, 7) is 2.95. The van der Waals surface area contributed by atoms with Crippen LogP contribution in [0.25, 0.3) is 10.9 Å². The summed E-state index contributed by atoms with van der Waals surface area (Å²) in [7, 11) is 2.05. The number of rotatable bonds is 9. The van der Waals surface area contributed by atoms with Crippen LogP contribution < -0.4 is 5.32 Å². The average molecular weight is 397 g/mol. The molecular formula is C24H29ClN2O. The minimum atomic E-state index is -0.000918. The van der Waals surface area contributed by atoms with Crippen molar-refractivity contribution < 1.29 is 4.79 Å². The summed E-state index contributed by atoms with van der Waals surface area (Å²) >= 11 is 6.09. The third-order valence-corrected chi connectivity index (χ3v) is 5.57. The van der Waals surface area contributed by atoms with E-state index in [2.05, 4.69) is 48.3 Å². The molecule has 4 heteroatoms. The molecule has 0 unspecified atom stereocenters. The Labute approximate surface area is 172 Å². The highest BCUT2D eigenvalue weighted by Gasteiger charge is 2.22. The maximum absolute atomic E-state index is 12.7. The summed E-state index contributed by atoms with van der Waals surface area (Å²) in [6, 6.07) is 16.2. The number of fused-ring (bicyclic) bond motifs is 1. The van der Waals surface area contributed by atoms with Gasteiger partial charge in [0.05, 0.1) is 0 Å². The summed E-state index contributed by atoms with van der Waals surface area (Å²) in [4.78, 5) is 12.7. The van der Waals surface area contributed by atoms with E-state index in [9.17, 15) is 4.79 Å². The van der Waals surface area contributed by atoms with Crippen LogP contribution in [-0.2, 0) is 11.8 Å². The number of para-hydroxylation sites is 1. The number of nitrogens with zero attached hydrogens (tertiary/aromatic N) is 1. The van der Waals surface area contributed by atoms with Crippen LogP contribution in [0.2, 0.25) is 5.02 Å². The number of aryl methyl sites for hydroxylation is 1. The number of hydrogen-bond acceptors (Lipinski definition) is 1. The van der Waals surface area contributed by atoms with Crippen molar-refractivity contribution in [2.75, 3.05) is 6.54 Å². The van der Waals surface area contributed by atoms with Gasteiger partial charge >= 0.3 is 0 Å². The fourth-order valence-electron chi connectivity index (χ4n) is 3.79. The lowest BCUT2D eigenvalue weighted by Crippen LogP contribution is -2.26. The number of unbranched alkanes of at least 4 members (excludes halogenated alkanes) is 3. The Kier molecular flexibility index (Phi) is 7.16. The second kappa shape index (κ2) is 9.79. The maximum atomic E-state index is 12.7. The van der Waals surface area contributed by atoms with Crippen LogP contribution in [-0.4, -0.2) is 17.0 Å². The molecule has 3 nitrogen and oxygen atoms in total. The summed E-state index contributed by atoms with van der Waals surface area (Å²) in [5.74, 6) is 0.100. The largest absolute Gasteiger partial charge is 0.356 e. The van der Waals surface area contributed by atoms with Gasteiger partial charge in [0.2, 0.25) is 5.91 Å². The Morgan fingerprint density at radius 1 is 1.07 bits per heavy atom. The molecule has 1 amide bonds. The molecule has 0 spiro atoms. The summed E-state index contributed by atoms with van der Waals surface area (Å²) in [6.07, 6.45) is 7.22. The van der Waals surface area contributed by atoms with Crippen molar-refractivity contribution in [2.24, 2.45) is 7.05 Å². The van der Waals surface area contributed by atoms with Crippen LogP contribution in [0.3, 0.4) is 0 Å². The molecular weight excluding hydrogens is 368 g/mol. The number of benzene rings is 2. The van der Waals surface area contributed by atoms with Crippen LogP contribution in [0.5, 0.6) is 0 Å². The zero-order chi connectivity index (χ0) is 19.9. The number of aromatic nitrogens is 1. The molecule has 1 aromatic heterocycles. The number of halogens is 1. The Morgan fingerprint density at radius 3 is 2.57 bits per heavy atom. The number of carbonyl (C=O) groups excluding carboxylic acids is 1. The van der Waals surface area contributed by atoms with Gasteiger partial charge in [0, 0.05) is 48.1 Å². The van der Waals surface area contributed by atoms with E-state index in [-0.39, 0.29) is 11.8 Å². The highest BCUT2D eigenvalue weighted by molar-refractivity contribution is 6.30. The minimum Gasteiger partial charge on any atom is -0.356 e. The fraction of sp³-hybridized carbons (Fsp3) is 0.375. The molecule has 3 rings (SSSR count). The third kappa shape index (κ3) is 4.96. The number of carbonyl (C=O) groups is 1. The van der Waals surface area contributed by atoms with E-state index < -0.39 is 0 Å². The van der Waals surface area contributed by atoms with Crippen LogP contribution >= 0.6 is 11.6 Å². The van der Waals surface area contributed by atoms with Gasteiger partial charge in [0.1, 0.15) is 0 Å². The van der Waals surface area contributed by atoms with Crippen LogP contribution in [0, 0.1) is 0 Å². The quantitative estimate of drug-likeness (QED) is 0.439. The smallest absolute Gasteiger partial charge is 0.220 e. The van der Waals surface area contributed by atoms with Gasteiger partial charge in [-0.05, 0) is 35.7 Å². The molecule has 28 heavy (non-hydrogen) atoms. The molecule has 3 aromatic rings. The van der Waals surface area contributed by atoms with Gasteiger partial charge in [-0.3, -0.25) is 4.79 Å². The first-order chi connectivity index (χ1) is 13.6. The summed E-state index contributed by atoms with van der Waals surface area (Å²) in [5, 5.41) is 5.01. The Balaban J connectivity index is 1.84. The van der Waals surface area contributed by atoms with Crippen LogP contribution in [0.15, 0.2) is 54.7 Å². The second-order valence-electron chi connectivity index (χ2n) is 7.43. The number of nitrogens with one attached hydrogen (secondary N) is 1. The number of amides is 1. The monoisotopic (exact) mass is 396 g/mol. The van der Waals surface area contributed by atoms with Gasteiger partial charge in [-0.25, -0.2) is 0 Å². The lowest BCUT2D eigenvalue weighted by molar-refractivity contribution is -0.121. The van der Waals surface area contributed by atoms with Crippen molar-refractivity contribution in [2.45, 2.75) is 44.9 Å². The molecule has 1 N–H and O–H groups in total. The third-order valence-electron chi connectivity index (χ3n) is 5.32. The molecule has 2 aromatic carbocycles. The van der Waals surface area contributed by atoms with Crippen LogP contribution in [0.1, 0.15) is 56.1 Å². The van der Waals surface area contributed by atoms with Crippen molar-refractivity contribution >= 4 is 28.4 Å². The first-order valence-electron chi connectivity index (χ1n) is 10.2. The van der Waals surface area contributed by atoms with Crippen molar-refractivity contribution in [1.82, 2.24) is 9.88 Å². The molecule has 0 aliphatic heterocycles. The second-order valence-corrected chi connectivity index (χ2v) is 7.87. The van der Waals surface area contributed by atoms with Crippen molar-refractivity contribution in [3.63, 3.8) is 0 Å². The SMILES string of the molecule is CCCCCCNC(=O)C[C@@H](c1ccc(Cl)cc1)c1cn(C)c2ccccc12. The van der Waals surface area contributed by atoms with Crippen molar-refractivity contribution in [3.05, 3.63) is 70.9 Å². The predicted octanol–water partition coefficient (Wildman–Crippen LogP) is 6.05. The van der Waals surface area contributed by atoms with Gasteiger partial charge in [-0.2, -0.15) is 0 Å². The zero-order valence-electron chi connectivity index (χ0n) is 16.7. The topological polar surface area (TPSA) is 34.0 Å². The van der Waals surface area contributed by atoms with E-state index in [0.29, 0.717) is 11.4 Å². The minimum absolute atomic E-state index is 0.000918. The molecule has 148 valence electrons. The fourth-order valence-corrected chi connectivity index (χ4v) is 3.92. The predicted molar refractivity (Wildman–Crippen MR) is 118 cm³/mol. The number of hydrogen-bond donors (Lipinski definition) is 1. The first-order valence-corrected chi connectivity index (χ1v) is 10.5. The normalized spacial score (nSPS) is 12.2.